The monoisotopic (exact) mass is 407 g/mol. The second-order valence-electron chi connectivity index (χ2n) is 5.29. The van der Waals surface area contributed by atoms with Gasteiger partial charge in [0.25, 0.3) is 0 Å². The second-order valence-corrected chi connectivity index (χ2v) is 6.48. The number of hydrogen-bond acceptors (Lipinski definition) is 7. The van der Waals surface area contributed by atoms with E-state index in [1.165, 1.54) is 6.07 Å². The summed E-state index contributed by atoms with van der Waals surface area (Å²) in [7, 11) is 0. The number of amidine groups is 1. The summed E-state index contributed by atoms with van der Waals surface area (Å²) < 4.78 is 60.4. The van der Waals surface area contributed by atoms with E-state index in [0.29, 0.717) is 0 Å². The normalized spacial score (nSPS) is 24.2. The molecule has 1 amide bonds. The van der Waals surface area contributed by atoms with Crippen molar-refractivity contribution >= 4 is 35.0 Å². The van der Waals surface area contributed by atoms with Gasteiger partial charge in [-0.15, -0.1) is 5.10 Å². The van der Waals surface area contributed by atoms with Gasteiger partial charge in [0.15, 0.2) is 16.7 Å². The number of rotatable bonds is 4. The summed E-state index contributed by atoms with van der Waals surface area (Å²) in [4.78, 5) is 22.2. The van der Waals surface area contributed by atoms with Gasteiger partial charge in [0.05, 0.1) is 12.6 Å². The maximum absolute atomic E-state index is 13.2. The number of thioether (sulfide) groups is 1. The summed E-state index contributed by atoms with van der Waals surface area (Å²) in [5.74, 6) is -2.85. The summed E-state index contributed by atoms with van der Waals surface area (Å²) in [5, 5.41) is 17.5. The van der Waals surface area contributed by atoms with Gasteiger partial charge in [-0.3, -0.25) is 9.59 Å². The molecule has 1 unspecified atom stereocenters. The van der Waals surface area contributed by atoms with Gasteiger partial charge in [0.1, 0.15) is 5.25 Å². The number of aliphatic carboxylic acids is 1. The van der Waals surface area contributed by atoms with E-state index in [9.17, 15) is 27.2 Å². The molecule has 0 aliphatic carbocycles. The highest BCUT2D eigenvalue weighted by Crippen LogP contribution is 2.46. The molecule has 3 rings (SSSR count). The highest BCUT2D eigenvalue weighted by molar-refractivity contribution is 8.15. The smallest absolute Gasteiger partial charge is 0.481 e. The van der Waals surface area contributed by atoms with Gasteiger partial charge in [-0.2, -0.15) is 22.7 Å². The first-order valence-corrected chi connectivity index (χ1v) is 8.03. The summed E-state index contributed by atoms with van der Waals surface area (Å²) >= 11 is 0.872. The average Bonchev–Trinajstić information content (AvgIpc) is 2.87. The number of fused-ring (bicyclic) bond motifs is 1. The molecule has 0 bridgehead atoms. The van der Waals surface area contributed by atoms with Crippen LogP contribution in [0.5, 0.6) is 11.5 Å². The van der Waals surface area contributed by atoms with Gasteiger partial charge in [0, 0.05) is 0 Å². The molecule has 1 aromatic rings. The molecule has 8 nitrogen and oxygen atoms in total. The fourth-order valence-corrected chi connectivity index (χ4v) is 2.97. The molecular weight excluding hydrogens is 398 g/mol. The van der Waals surface area contributed by atoms with E-state index in [4.69, 9.17) is 5.11 Å². The van der Waals surface area contributed by atoms with Crippen LogP contribution in [0.15, 0.2) is 28.4 Å². The van der Waals surface area contributed by atoms with Gasteiger partial charge < -0.3 is 19.9 Å². The number of hydrogen-bond donors (Lipinski definition) is 2. The minimum absolute atomic E-state index is 0.0613. The van der Waals surface area contributed by atoms with Crippen LogP contribution in [0.3, 0.4) is 0 Å². The third-order valence-corrected chi connectivity index (χ3v) is 4.35. The van der Waals surface area contributed by atoms with Crippen molar-refractivity contribution in [2.45, 2.75) is 23.9 Å². The largest absolute Gasteiger partial charge is 0.507 e. The van der Waals surface area contributed by atoms with Crippen LogP contribution >= 0.6 is 11.8 Å². The number of ether oxygens (including phenoxy) is 2. The molecular formula is C14H9F4N3O5S. The number of carbonyl (C=O) groups excluding carboxylic acids is 1. The first kappa shape index (κ1) is 18.9. The van der Waals surface area contributed by atoms with Crippen LogP contribution in [0.4, 0.5) is 17.6 Å². The van der Waals surface area contributed by atoms with E-state index in [2.05, 4.69) is 25.0 Å². The highest BCUT2D eigenvalue weighted by Gasteiger charge is 2.65. The van der Waals surface area contributed by atoms with E-state index in [1.807, 2.05) is 0 Å². The number of carboxylic acid groups (broad SMARTS) is 1. The van der Waals surface area contributed by atoms with Crippen molar-refractivity contribution in [3.63, 3.8) is 0 Å². The lowest BCUT2D eigenvalue weighted by atomic mass is 10.2. The van der Waals surface area contributed by atoms with Crippen molar-refractivity contribution in [1.82, 2.24) is 5.32 Å². The number of halogens is 4. The molecule has 13 heteroatoms. The third-order valence-electron chi connectivity index (χ3n) is 3.27. The Morgan fingerprint density at radius 3 is 2.59 bits per heavy atom. The van der Waals surface area contributed by atoms with Crippen LogP contribution in [-0.2, 0) is 9.59 Å². The highest BCUT2D eigenvalue weighted by atomic mass is 32.2. The Morgan fingerprint density at radius 2 is 1.93 bits per heavy atom. The lowest BCUT2D eigenvalue weighted by Crippen LogP contribution is -2.52. The zero-order chi connectivity index (χ0) is 19.8. The van der Waals surface area contributed by atoms with Crippen LogP contribution in [0.1, 0.15) is 12.0 Å². The van der Waals surface area contributed by atoms with Crippen molar-refractivity contribution in [2.75, 3.05) is 0 Å². The zero-order valence-electron chi connectivity index (χ0n) is 13.0. The van der Waals surface area contributed by atoms with Crippen molar-refractivity contribution in [3.8, 4) is 11.5 Å². The molecule has 1 atom stereocenters. The van der Waals surface area contributed by atoms with Crippen LogP contribution in [-0.4, -0.2) is 45.8 Å². The van der Waals surface area contributed by atoms with Crippen LogP contribution < -0.4 is 14.8 Å². The number of benzene rings is 1. The molecule has 0 radical (unpaired) electrons. The molecule has 0 spiro atoms. The van der Waals surface area contributed by atoms with Gasteiger partial charge >= 0.3 is 18.2 Å². The lowest BCUT2D eigenvalue weighted by molar-refractivity contribution is -0.391. The number of carbonyl (C=O) groups is 2. The van der Waals surface area contributed by atoms with Gasteiger partial charge in [0.2, 0.25) is 5.91 Å². The summed E-state index contributed by atoms with van der Waals surface area (Å²) in [6.07, 6.45) is -8.93. The maximum atomic E-state index is 13.2. The fraction of sp³-hybridized carbons (Fsp3) is 0.286. The molecule has 0 saturated carbocycles. The topological polar surface area (TPSA) is 110 Å². The van der Waals surface area contributed by atoms with Crippen molar-refractivity contribution in [1.29, 1.82) is 0 Å². The Balaban J connectivity index is 1.71. The Kier molecular flexibility index (Phi) is 4.71. The molecule has 2 aliphatic rings. The Labute approximate surface area is 152 Å². The van der Waals surface area contributed by atoms with Crippen LogP contribution in [0.25, 0.3) is 0 Å². The van der Waals surface area contributed by atoms with Crippen LogP contribution in [0.2, 0.25) is 0 Å². The second kappa shape index (κ2) is 6.72. The summed E-state index contributed by atoms with van der Waals surface area (Å²) in [6.45, 7) is 0. The number of alkyl halides is 4. The standard InChI is InChI=1S/C14H9F4N3O5S/c15-13(16)14(17,18)26-8-3-6(1-2-7(8)25-13)5-19-21-12-20-11(24)9(27-12)4-10(22)23/h1-3,5,9H,4H2,(H,22,23)(H,20,21,24). The third kappa shape index (κ3) is 3.97. The molecule has 2 aliphatic heterocycles. The van der Waals surface area contributed by atoms with Gasteiger partial charge in [-0.25, -0.2) is 0 Å². The number of amides is 1. The minimum atomic E-state index is -4.83. The molecule has 27 heavy (non-hydrogen) atoms. The number of nitrogens with one attached hydrogen (secondary N) is 1. The first-order valence-electron chi connectivity index (χ1n) is 7.15. The van der Waals surface area contributed by atoms with E-state index in [0.717, 1.165) is 30.1 Å². The molecule has 0 aromatic heterocycles. The van der Waals surface area contributed by atoms with Gasteiger partial charge in [-0.1, -0.05) is 11.8 Å². The Bertz CT molecular complexity index is 861. The number of carboxylic acids is 1. The average molecular weight is 407 g/mol. The molecule has 1 aromatic carbocycles. The predicted octanol–water partition coefficient (Wildman–Crippen LogP) is 2.04. The Hall–Kier alpha value is -2.83. The molecule has 2 N–H and O–H groups in total. The van der Waals surface area contributed by atoms with E-state index in [-0.39, 0.29) is 17.2 Å². The molecule has 144 valence electrons. The van der Waals surface area contributed by atoms with E-state index >= 15 is 0 Å². The summed E-state index contributed by atoms with van der Waals surface area (Å²) in [6, 6.07) is 3.25. The van der Waals surface area contributed by atoms with Crippen LogP contribution in [0, 0.1) is 0 Å². The molecule has 1 fully saturated rings. The zero-order valence-corrected chi connectivity index (χ0v) is 13.8. The fourth-order valence-electron chi connectivity index (χ4n) is 2.06. The molecule has 1 saturated heterocycles. The quantitative estimate of drug-likeness (QED) is 0.449. The van der Waals surface area contributed by atoms with Crippen molar-refractivity contribution in [2.24, 2.45) is 10.2 Å². The van der Waals surface area contributed by atoms with E-state index in [1.54, 1.807) is 0 Å². The SMILES string of the molecule is O=C(O)CC1SC(=NN=Cc2ccc3c(c2)OC(F)(F)C(F)(F)O3)NC1=O. The number of nitrogens with zero attached hydrogens (tertiary/aromatic N) is 2. The summed E-state index contributed by atoms with van der Waals surface area (Å²) in [5.41, 5.74) is 0.180. The first-order chi connectivity index (χ1) is 12.6. The lowest BCUT2D eigenvalue weighted by Gasteiger charge is -2.31. The predicted molar refractivity (Wildman–Crippen MR) is 84.4 cm³/mol. The van der Waals surface area contributed by atoms with Crippen molar-refractivity contribution in [3.05, 3.63) is 23.8 Å². The van der Waals surface area contributed by atoms with Gasteiger partial charge in [-0.05, 0) is 23.8 Å². The molecule has 2 heterocycles. The van der Waals surface area contributed by atoms with E-state index < -0.39 is 40.8 Å². The van der Waals surface area contributed by atoms with Crippen molar-refractivity contribution < 1.29 is 41.7 Å². The minimum Gasteiger partial charge on any atom is -0.481 e. The maximum Gasteiger partial charge on any atom is 0.507 e. The Morgan fingerprint density at radius 1 is 1.26 bits per heavy atom.